The number of aliphatic imine (C=N–C) groups is 1. The first-order valence-electron chi connectivity index (χ1n) is 9.72. The molecule has 0 aromatic heterocycles. The Morgan fingerprint density at radius 2 is 2.00 bits per heavy atom. The van der Waals surface area contributed by atoms with E-state index < -0.39 is 0 Å². The van der Waals surface area contributed by atoms with E-state index in [9.17, 15) is 0 Å². The van der Waals surface area contributed by atoms with Crippen molar-refractivity contribution in [1.29, 1.82) is 0 Å². The van der Waals surface area contributed by atoms with Gasteiger partial charge in [-0.05, 0) is 52.9 Å². The molecule has 0 amide bonds. The van der Waals surface area contributed by atoms with Gasteiger partial charge in [0.15, 0.2) is 0 Å². The largest absolute Gasteiger partial charge is 0.401 e. The van der Waals surface area contributed by atoms with E-state index in [-0.39, 0.29) is 5.92 Å². The fraction of sp³-hybridized carbons (Fsp3) is 0.458. The van der Waals surface area contributed by atoms with Crippen LogP contribution >= 0.6 is 0 Å². The Bertz CT molecular complexity index is 719. The van der Waals surface area contributed by atoms with Crippen molar-refractivity contribution in [2.45, 2.75) is 52.9 Å². The quantitative estimate of drug-likeness (QED) is 0.445. The van der Waals surface area contributed by atoms with Crippen LogP contribution in [0, 0.1) is 11.3 Å². The van der Waals surface area contributed by atoms with Gasteiger partial charge in [-0.3, -0.25) is 4.99 Å². The molecular weight excluding hydrogens is 316 g/mol. The van der Waals surface area contributed by atoms with E-state index in [1.54, 1.807) is 7.05 Å². The fourth-order valence-corrected chi connectivity index (χ4v) is 3.78. The lowest BCUT2D eigenvalue weighted by Crippen LogP contribution is -2.09. The van der Waals surface area contributed by atoms with Crippen LogP contribution in [0.5, 0.6) is 0 Å². The van der Waals surface area contributed by atoms with Gasteiger partial charge in [0.05, 0.1) is 0 Å². The summed E-state index contributed by atoms with van der Waals surface area (Å²) in [5, 5.41) is 0. The molecule has 0 saturated heterocycles. The second-order valence-corrected chi connectivity index (χ2v) is 8.04. The van der Waals surface area contributed by atoms with Crippen molar-refractivity contribution >= 4 is 11.8 Å². The smallest absolute Gasteiger partial charge is 0.0298 e. The lowest BCUT2D eigenvalue weighted by atomic mass is 9.94. The van der Waals surface area contributed by atoms with Crippen LogP contribution in [-0.2, 0) is 0 Å². The molecule has 0 bridgehead atoms. The van der Waals surface area contributed by atoms with Gasteiger partial charge >= 0.3 is 0 Å². The Morgan fingerprint density at radius 1 is 1.35 bits per heavy atom. The monoisotopic (exact) mass is 350 g/mol. The van der Waals surface area contributed by atoms with Gasteiger partial charge in [0.25, 0.3) is 0 Å². The maximum atomic E-state index is 6.27. The van der Waals surface area contributed by atoms with Crippen LogP contribution in [0.2, 0.25) is 0 Å². The number of nitrogens with zero attached hydrogens (tertiary/aromatic N) is 1. The summed E-state index contributed by atoms with van der Waals surface area (Å²) in [5.74, 6) is 0.991. The molecule has 1 aliphatic carbocycles. The number of hydrogen-bond donors (Lipinski definition) is 1. The van der Waals surface area contributed by atoms with Gasteiger partial charge in [-0.15, -0.1) is 0 Å². The third-order valence-corrected chi connectivity index (χ3v) is 5.57. The van der Waals surface area contributed by atoms with Gasteiger partial charge in [-0.2, -0.15) is 0 Å². The summed E-state index contributed by atoms with van der Waals surface area (Å²) in [6.45, 7) is 12.9. The molecule has 140 valence electrons. The molecule has 0 radical (unpaired) electrons. The van der Waals surface area contributed by atoms with E-state index in [2.05, 4.69) is 69.6 Å². The van der Waals surface area contributed by atoms with Gasteiger partial charge in [0.2, 0.25) is 0 Å². The van der Waals surface area contributed by atoms with Crippen molar-refractivity contribution in [2.24, 2.45) is 22.1 Å². The zero-order valence-corrected chi connectivity index (χ0v) is 17.0. The average Bonchev–Trinajstić information content (AvgIpc) is 3.29. The van der Waals surface area contributed by atoms with Gasteiger partial charge in [0.1, 0.15) is 0 Å². The predicted molar refractivity (Wildman–Crippen MR) is 115 cm³/mol. The van der Waals surface area contributed by atoms with E-state index in [4.69, 9.17) is 5.73 Å². The molecule has 1 saturated carbocycles. The van der Waals surface area contributed by atoms with E-state index in [0.29, 0.717) is 11.3 Å². The van der Waals surface area contributed by atoms with Crippen LogP contribution in [0.3, 0.4) is 0 Å². The molecule has 0 spiro atoms. The second-order valence-electron chi connectivity index (χ2n) is 8.04. The van der Waals surface area contributed by atoms with Crippen molar-refractivity contribution in [3.8, 4) is 0 Å². The normalized spacial score (nSPS) is 24.1. The molecule has 1 fully saturated rings. The van der Waals surface area contributed by atoms with Crippen LogP contribution in [-0.4, -0.2) is 13.3 Å². The summed E-state index contributed by atoms with van der Waals surface area (Å²) in [6.07, 6.45) is 9.70. The van der Waals surface area contributed by atoms with E-state index in [1.807, 2.05) is 12.3 Å². The van der Waals surface area contributed by atoms with Gasteiger partial charge in [0, 0.05) is 24.5 Å². The number of allylic oxidation sites excluding steroid dienone is 5. The Kier molecular flexibility index (Phi) is 6.63. The standard InChI is InChI=1S/C24H34N2/c1-7-13-24(5)15-22(24)20-11-9-19(10-12-20)18(8-2)14-21(16-26-6)23(25)17(3)4/h8-12,14,16-17,22H,2,7,13,15,25H2,1,3-6H3/b18-14+,23-21-,26-16?. The van der Waals surface area contributed by atoms with Gasteiger partial charge < -0.3 is 5.73 Å². The van der Waals surface area contributed by atoms with Crippen LogP contribution < -0.4 is 5.73 Å². The molecule has 2 heteroatoms. The highest BCUT2D eigenvalue weighted by Gasteiger charge is 2.49. The molecule has 1 aromatic carbocycles. The van der Waals surface area contributed by atoms with Gasteiger partial charge in [-0.25, -0.2) is 0 Å². The topological polar surface area (TPSA) is 38.4 Å². The zero-order valence-electron chi connectivity index (χ0n) is 17.0. The number of rotatable bonds is 8. The van der Waals surface area contributed by atoms with Crippen LogP contribution in [0.25, 0.3) is 5.57 Å². The molecule has 26 heavy (non-hydrogen) atoms. The molecule has 2 rings (SSSR count). The Balaban J connectivity index is 2.28. The van der Waals surface area contributed by atoms with Crippen LogP contribution in [0.15, 0.2) is 59.3 Å². The molecule has 0 heterocycles. The van der Waals surface area contributed by atoms with Crippen molar-refractivity contribution in [3.63, 3.8) is 0 Å². The van der Waals surface area contributed by atoms with Crippen molar-refractivity contribution in [1.82, 2.24) is 0 Å². The Labute approximate surface area is 159 Å². The molecule has 1 aliphatic rings. The minimum atomic E-state index is 0.277. The maximum absolute atomic E-state index is 6.27. The number of benzene rings is 1. The molecule has 2 atom stereocenters. The summed E-state index contributed by atoms with van der Waals surface area (Å²) in [7, 11) is 1.77. The highest BCUT2D eigenvalue weighted by atomic mass is 14.7. The van der Waals surface area contributed by atoms with Crippen molar-refractivity contribution in [2.75, 3.05) is 7.05 Å². The Hall–Kier alpha value is -2.09. The van der Waals surface area contributed by atoms with E-state index >= 15 is 0 Å². The molecule has 0 aliphatic heterocycles. The molecular formula is C24H34N2. The minimum absolute atomic E-state index is 0.277. The van der Waals surface area contributed by atoms with Crippen molar-refractivity contribution in [3.05, 3.63) is 65.4 Å². The first-order chi connectivity index (χ1) is 12.4. The predicted octanol–water partition coefficient (Wildman–Crippen LogP) is 6.12. The zero-order chi connectivity index (χ0) is 19.3. The SMILES string of the molecule is C=C/C(=C\C(C=NC)=C(\N)C(C)C)c1ccc(C2CC2(C)CCC)cc1. The number of hydrogen-bond acceptors (Lipinski definition) is 2. The third kappa shape index (κ3) is 4.55. The van der Waals surface area contributed by atoms with Crippen molar-refractivity contribution < 1.29 is 0 Å². The Morgan fingerprint density at radius 3 is 2.50 bits per heavy atom. The van der Waals surface area contributed by atoms with Crippen LogP contribution in [0.1, 0.15) is 64.0 Å². The molecule has 2 nitrogen and oxygen atoms in total. The van der Waals surface area contributed by atoms with Gasteiger partial charge in [-0.1, -0.05) is 71.0 Å². The summed E-state index contributed by atoms with van der Waals surface area (Å²) in [6, 6.07) is 8.97. The lowest BCUT2D eigenvalue weighted by Gasteiger charge is -2.12. The third-order valence-electron chi connectivity index (χ3n) is 5.57. The highest BCUT2D eigenvalue weighted by Crippen LogP contribution is 2.61. The first-order valence-corrected chi connectivity index (χ1v) is 9.72. The second kappa shape index (κ2) is 8.53. The first kappa shape index (κ1) is 20.2. The summed E-state index contributed by atoms with van der Waals surface area (Å²) in [4.78, 5) is 4.16. The number of nitrogens with two attached hydrogens (primary N) is 1. The molecule has 1 aromatic rings. The minimum Gasteiger partial charge on any atom is -0.401 e. The fourth-order valence-electron chi connectivity index (χ4n) is 3.78. The average molecular weight is 351 g/mol. The summed E-state index contributed by atoms with van der Waals surface area (Å²) < 4.78 is 0. The summed E-state index contributed by atoms with van der Waals surface area (Å²) in [5.41, 5.74) is 12.3. The maximum Gasteiger partial charge on any atom is 0.0298 e. The summed E-state index contributed by atoms with van der Waals surface area (Å²) >= 11 is 0. The highest BCUT2D eigenvalue weighted by molar-refractivity contribution is 5.89. The van der Waals surface area contributed by atoms with E-state index in [0.717, 1.165) is 16.8 Å². The van der Waals surface area contributed by atoms with E-state index in [1.165, 1.54) is 30.4 Å². The van der Waals surface area contributed by atoms with Crippen LogP contribution in [0.4, 0.5) is 0 Å². The molecule has 2 N–H and O–H groups in total. The lowest BCUT2D eigenvalue weighted by molar-refractivity contribution is 0.491. The molecule has 2 unspecified atom stereocenters.